The summed E-state index contributed by atoms with van der Waals surface area (Å²) in [5, 5.41) is 0.650. The topological polar surface area (TPSA) is 72.9 Å². The molecule has 9 heteroatoms. The number of nitrogens with zero attached hydrogens (tertiary/aromatic N) is 1. The number of ether oxygens (including phenoxy) is 2. The third kappa shape index (κ3) is 6.91. The van der Waals surface area contributed by atoms with Crippen LogP contribution in [0.2, 0.25) is 10.0 Å². The smallest absolute Gasteiger partial charge is 0.415 e. The normalized spacial score (nSPS) is 16.9. The lowest BCUT2D eigenvalue weighted by molar-refractivity contribution is -0.129. The van der Waals surface area contributed by atoms with E-state index in [0.717, 1.165) is 21.6 Å². The van der Waals surface area contributed by atoms with E-state index < -0.39 is 17.6 Å². The zero-order chi connectivity index (χ0) is 30.1. The lowest BCUT2D eigenvalue weighted by Gasteiger charge is -2.27. The fourth-order valence-corrected chi connectivity index (χ4v) is 5.78. The Bertz CT molecular complexity index is 1460. The van der Waals surface area contributed by atoms with Crippen LogP contribution in [0, 0.1) is 19.8 Å². The molecule has 6 nitrogen and oxygen atoms in total. The highest BCUT2D eigenvalue weighted by atomic mass is 35.5. The number of likely N-dealkylation sites (tertiary alicyclic amines) is 1. The number of amides is 1. The van der Waals surface area contributed by atoms with Gasteiger partial charge in [0.2, 0.25) is 0 Å². The van der Waals surface area contributed by atoms with E-state index in [9.17, 15) is 14.4 Å². The first kappa shape index (κ1) is 30.9. The van der Waals surface area contributed by atoms with Crippen molar-refractivity contribution in [3.63, 3.8) is 0 Å². The molecule has 0 aliphatic carbocycles. The van der Waals surface area contributed by atoms with Gasteiger partial charge in [0, 0.05) is 40.4 Å². The van der Waals surface area contributed by atoms with Gasteiger partial charge in [0.25, 0.3) is 0 Å². The first-order chi connectivity index (χ1) is 19.3. The van der Waals surface area contributed by atoms with Gasteiger partial charge in [-0.15, -0.1) is 11.8 Å². The van der Waals surface area contributed by atoms with Gasteiger partial charge in [-0.25, -0.2) is 4.79 Å². The van der Waals surface area contributed by atoms with E-state index in [0.29, 0.717) is 16.3 Å². The monoisotopic (exact) mass is 613 g/mol. The maximum Gasteiger partial charge on any atom is 0.415 e. The fourth-order valence-electron chi connectivity index (χ4n) is 4.93. The Morgan fingerprint density at radius 2 is 1.59 bits per heavy atom. The Hall–Kier alpha value is -3.00. The van der Waals surface area contributed by atoms with E-state index in [1.165, 1.54) is 13.0 Å². The first-order valence-corrected chi connectivity index (χ1v) is 15.2. The van der Waals surface area contributed by atoms with Gasteiger partial charge in [0.05, 0.1) is 5.02 Å². The first-order valence-electron chi connectivity index (χ1n) is 13.2. The third-order valence-electron chi connectivity index (χ3n) is 7.50. The molecular formula is C32H33Cl2NO5S. The molecule has 1 amide bonds. The zero-order valence-corrected chi connectivity index (χ0v) is 26.2. The number of ketones is 2. The number of aryl methyl sites for hydroxylation is 2. The molecule has 1 aliphatic heterocycles. The summed E-state index contributed by atoms with van der Waals surface area (Å²) < 4.78 is 11.7. The maximum absolute atomic E-state index is 13.9. The summed E-state index contributed by atoms with van der Waals surface area (Å²) in [7, 11) is 0. The standard InChI is InChI=1S/C32H33Cl2NO5S/c1-18-13-22(14-19(2)30(18)40-32(4,5)20(3)36)25-16-35(31(38)39-28-12-9-23(33)15-27(28)34)17-26(25)29(37)21-7-10-24(41-6)11-8-21/h7-15,25-26H,16-17H2,1-6H3. The van der Waals surface area contributed by atoms with Crippen LogP contribution in [0.5, 0.6) is 11.5 Å². The van der Waals surface area contributed by atoms with Crippen molar-refractivity contribution >= 4 is 52.6 Å². The molecular weight excluding hydrogens is 581 g/mol. The lowest BCUT2D eigenvalue weighted by atomic mass is 9.82. The van der Waals surface area contributed by atoms with E-state index in [4.69, 9.17) is 32.7 Å². The molecule has 3 aromatic carbocycles. The number of hydrogen-bond donors (Lipinski definition) is 0. The largest absolute Gasteiger partial charge is 0.480 e. The van der Waals surface area contributed by atoms with Crippen LogP contribution in [0.4, 0.5) is 4.79 Å². The summed E-state index contributed by atoms with van der Waals surface area (Å²) in [5.74, 6) is -0.0802. The maximum atomic E-state index is 13.9. The highest BCUT2D eigenvalue weighted by Gasteiger charge is 2.42. The predicted molar refractivity (Wildman–Crippen MR) is 164 cm³/mol. The van der Waals surface area contributed by atoms with Gasteiger partial charge in [-0.05, 0) is 87.9 Å². The van der Waals surface area contributed by atoms with Crippen molar-refractivity contribution in [2.24, 2.45) is 5.92 Å². The van der Waals surface area contributed by atoms with Crippen LogP contribution >= 0.6 is 35.0 Å². The van der Waals surface area contributed by atoms with Crippen molar-refractivity contribution in [2.75, 3.05) is 19.3 Å². The van der Waals surface area contributed by atoms with Gasteiger partial charge < -0.3 is 14.4 Å². The molecule has 41 heavy (non-hydrogen) atoms. The van der Waals surface area contributed by atoms with Crippen LogP contribution in [0.1, 0.15) is 53.7 Å². The van der Waals surface area contributed by atoms with Crippen molar-refractivity contribution in [3.8, 4) is 11.5 Å². The molecule has 0 aromatic heterocycles. The second-order valence-corrected chi connectivity index (χ2v) is 12.5. The predicted octanol–water partition coefficient (Wildman–Crippen LogP) is 8.18. The molecule has 0 saturated carbocycles. The van der Waals surface area contributed by atoms with Crippen LogP contribution in [-0.4, -0.2) is 47.5 Å². The minimum Gasteiger partial charge on any atom is -0.480 e. The summed E-state index contributed by atoms with van der Waals surface area (Å²) >= 11 is 13.8. The summed E-state index contributed by atoms with van der Waals surface area (Å²) in [6.07, 6.45) is 1.39. The summed E-state index contributed by atoms with van der Waals surface area (Å²) in [6.45, 7) is 9.30. The SMILES string of the molecule is CSc1ccc(C(=O)C2CN(C(=O)Oc3ccc(Cl)cc3Cl)CC2c2cc(C)c(OC(C)(C)C(C)=O)c(C)c2)cc1. The number of benzene rings is 3. The molecule has 216 valence electrons. The van der Waals surface area contributed by atoms with Crippen LogP contribution < -0.4 is 9.47 Å². The van der Waals surface area contributed by atoms with Crippen molar-refractivity contribution in [3.05, 3.63) is 86.9 Å². The van der Waals surface area contributed by atoms with Crippen molar-refractivity contribution in [1.29, 1.82) is 0 Å². The minimum absolute atomic E-state index is 0.0455. The van der Waals surface area contributed by atoms with E-state index in [-0.39, 0.29) is 41.3 Å². The molecule has 4 rings (SSSR count). The van der Waals surface area contributed by atoms with E-state index >= 15 is 0 Å². The molecule has 2 atom stereocenters. The number of hydrogen-bond acceptors (Lipinski definition) is 6. The molecule has 1 heterocycles. The molecule has 0 bridgehead atoms. The minimum atomic E-state index is -0.977. The Labute approximate surface area is 255 Å². The molecule has 1 saturated heterocycles. The molecule has 0 spiro atoms. The molecule has 0 radical (unpaired) electrons. The van der Waals surface area contributed by atoms with Gasteiger partial charge >= 0.3 is 6.09 Å². The Kier molecular flexibility index (Phi) is 9.42. The molecule has 1 fully saturated rings. The van der Waals surface area contributed by atoms with E-state index in [1.807, 2.05) is 56.5 Å². The van der Waals surface area contributed by atoms with Crippen LogP contribution in [-0.2, 0) is 4.79 Å². The third-order valence-corrected chi connectivity index (χ3v) is 8.77. The lowest BCUT2D eigenvalue weighted by Crippen LogP contribution is -2.36. The van der Waals surface area contributed by atoms with Crippen LogP contribution in [0.25, 0.3) is 0 Å². The average molecular weight is 615 g/mol. The number of carbonyl (C=O) groups is 3. The van der Waals surface area contributed by atoms with E-state index in [1.54, 1.807) is 42.6 Å². The molecule has 1 aliphatic rings. The number of carbonyl (C=O) groups excluding carboxylic acids is 3. The number of Topliss-reactive ketones (excluding diaryl/α,β-unsaturated/α-hetero) is 2. The number of halogens is 2. The van der Waals surface area contributed by atoms with Crippen LogP contribution in [0.3, 0.4) is 0 Å². The zero-order valence-electron chi connectivity index (χ0n) is 23.9. The van der Waals surface area contributed by atoms with Crippen molar-refractivity contribution < 1.29 is 23.9 Å². The second-order valence-electron chi connectivity index (χ2n) is 10.8. The molecule has 0 N–H and O–H groups in total. The summed E-state index contributed by atoms with van der Waals surface area (Å²) in [5.41, 5.74) is 2.21. The summed E-state index contributed by atoms with van der Waals surface area (Å²) in [6, 6.07) is 16.1. The van der Waals surface area contributed by atoms with Gasteiger partial charge in [0.15, 0.2) is 22.9 Å². The molecule has 2 unspecified atom stereocenters. The van der Waals surface area contributed by atoms with Gasteiger partial charge in [-0.1, -0.05) is 47.5 Å². The van der Waals surface area contributed by atoms with Gasteiger partial charge in [-0.2, -0.15) is 0 Å². The van der Waals surface area contributed by atoms with Crippen molar-refractivity contribution in [1.82, 2.24) is 4.90 Å². The van der Waals surface area contributed by atoms with Crippen LogP contribution in [0.15, 0.2) is 59.5 Å². The Balaban J connectivity index is 1.67. The fraction of sp³-hybridized carbons (Fsp3) is 0.344. The number of rotatable bonds is 8. The Morgan fingerprint density at radius 3 is 2.15 bits per heavy atom. The highest BCUT2D eigenvalue weighted by molar-refractivity contribution is 7.98. The summed E-state index contributed by atoms with van der Waals surface area (Å²) in [4.78, 5) is 41.8. The van der Waals surface area contributed by atoms with Crippen molar-refractivity contribution in [2.45, 2.75) is 51.0 Å². The number of thioether (sulfide) groups is 1. The Morgan fingerprint density at radius 1 is 0.951 bits per heavy atom. The second kappa shape index (κ2) is 12.5. The average Bonchev–Trinajstić information content (AvgIpc) is 3.37. The van der Waals surface area contributed by atoms with E-state index in [2.05, 4.69) is 0 Å². The quantitative estimate of drug-likeness (QED) is 0.188. The van der Waals surface area contributed by atoms with Gasteiger partial charge in [0.1, 0.15) is 5.75 Å². The van der Waals surface area contributed by atoms with Gasteiger partial charge in [-0.3, -0.25) is 9.59 Å². The molecule has 3 aromatic rings. The highest BCUT2D eigenvalue weighted by Crippen LogP contribution is 2.39.